The summed E-state index contributed by atoms with van der Waals surface area (Å²) < 4.78 is 19.3. The van der Waals surface area contributed by atoms with E-state index in [2.05, 4.69) is 10.3 Å². The zero-order valence-electron chi connectivity index (χ0n) is 15.9. The Morgan fingerprint density at radius 2 is 1.83 bits per heavy atom. The van der Waals surface area contributed by atoms with Crippen molar-refractivity contribution < 1.29 is 18.7 Å². The van der Waals surface area contributed by atoms with E-state index < -0.39 is 5.82 Å². The highest BCUT2D eigenvalue weighted by molar-refractivity contribution is 6.08. The highest BCUT2D eigenvalue weighted by Crippen LogP contribution is 2.31. The third-order valence-electron chi connectivity index (χ3n) is 4.92. The number of anilines is 2. The number of carbonyl (C=O) groups excluding carboxylic acids is 2. The minimum Gasteiger partial charge on any atom is -0.378 e. The van der Waals surface area contributed by atoms with E-state index in [0.29, 0.717) is 59.7 Å². The summed E-state index contributed by atoms with van der Waals surface area (Å²) in [7, 11) is 0. The number of Topliss-reactive ketones (excluding diaryl/α,β-unsaturated/α-hetero) is 1. The normalized spacial score (nSPS) is 14.1. The lowest BCUT2D eigenvalue weighted by Gasteiger charge is -2.28. The van der Waals surface area contributed by atoms with Gasteiger partial charge in [-0.1, -0.05) is 0 Å². The van der Waals surface area contributed by atoms with Crippen LogP contribution in [0.5, 0.6) is 0 Å². The van der Waals surface area contributed by atoms with Gasteiger partial charge >= 0.3 is 0 Å². The molecule has 1 amide bonds. The Kier molecular flexibility index (Phi) is 5.22. The Bertz CT molecular complexity index is 1080. The number of nitrogens with one attached hydrogen (secondary N) is 1. The summed E-state index contributed by atoms with van der Waals surface area (Å²) in [4.78, 5) is 30.7. The van der Waals surface area contributed by atoms with Gasteiger partial charge in [0, 0.05) is 35.9 Å². The van der Waals surface area contributed by atoms with Gasteiger partial charge < -0.3 is 15.0 Å². The van der Waals surface area contributed by atoms with Crippen LogP contribution in [0.3, 0.4) is 0 Å². The molecule has 4 rings (SSSR count). The Morgan fingerprint density at radius 3 is 2.52 bits per heavy atom. The van der Waals surface area contributed by atoms with Gasteiger partial charge in [-0.15, -0.1) is 0 Å². The number of benzene rings is 2. The van der Waals surface area contributed by atoms with Crippen LogP contribution in [0.4, 0.5) is 15.8 Å². The lowest BCUT2D eigenvalue weighted by atomic mass is 10.1. The maximum atomic E-state index is 14.0. The second kappa shape index (κ2) is 7.97. The van der Waals surface area contributed by atoms with Crippen LogP contribution in [0.15, 0.2) is 48.7 Å². The summed E-state index contributed by atoms with van der Waals surface area (Å²) in [6.07, 6.45) is 1.52. The first-order valence-corrected chi connectivity index (χ1v) is 9.36. The Balaban J connectivity index is 1.78. The molecule has 0 unspecified atom stereocenters. The molecule has 29 heavy (non-hydrogen) atoms. The molecule has 0 saturated carbocycles. The molecule has 1 N–H and O–H groups in total. The minimum absolute atomic E-state index is 0.0313. The first-order valence-electron chi connectivity index (χ1n) is 9.36. The molecule has 2 aromatic carbocycles. The van der Waals surface area contributed by atoms with Crippen LogP contribution in [0, 0.1) is 5.82 Å². The number of rotatable bonds is 4. The van der Waals surface area contributed by atoms with E-state index in [9.17, 15) is 14.0 Å². The Morgan fingerprint density at radius 1 is 1.10 bits per heavy atom. The summed E-state index contributed by atoms with van der Waals surface area (Å²) in [5.74, 6) is -0.628. The maximum Gasteiger partial charge on any atom is 0.257 e. The van der Waals surface area contributed by atoms with Gasteiger partial charge in [-0.3, -0.25) is 14.6 Å². The summed E-state index contributed by atoms with van der Waals surface area (Å²) in [6, 6.07) is 11.2. The number of fused-ring (bicyclic) bond motifs is 1. The highest BCUT2D eigenvalue weighted by Gasteiger charge is 2.23. The smallest absolute Gasteiger partial charge is 0.257 e. The van der Waals surface area contributed by atoms with E-state index in [0.717, 1.165) is 0 Å². The number of morpholine rings is 1. The highest BCUT2D eigenvalue weighted by atomic mass is 19.1. The molecule has 1 aliphatic rings. The topological polar surface area (TPSA) is 71.5 Å². The fourth-order valence-corrected chi connectivity index (χ4v) is 3.33. The Hall–Kier alpha value is -3.32. The fourth-order valence-electron chi connectivity index (χ4n) is 3.33. The molecule has 0 spiro atoms. The lowest BCUT2D eigenvalue weighted by Crippen LogP contribution is -2.41. The van der Waals surface area contributed by atoms with Crippen LogP contribution in [-0.2, 0) is 4.74 Å². The van der Waals surface area contributed by atoms with Gasteiger partial charge in [0.25, 0.3) is 5.91 Å². The molecular weight excluding hydrogens is 373 g/mol. The third-order valence-corrected chi connectivity index (χ3v) is 4.92. The number of halogens is 1. The predicted molar refractivity (Wildman–Crippen MR) is 108 cm³/mol. The van der Waals surface area contributed by atoms with Gasteiger partial charge in [0.15, 0.2) is 5.78 Å². The van der Waals surface area contributed by atoms with Gasteiger partial charge in [0.05, 0.1) is 30.0 Å². The number of ketones is 1. The number of aromatic nitrogens is 1. The van der Waals surface area contributed by atoms with Gasteiger partial charge in [-0.2, -0.15) is 0 Å². The number of carbonyl (C=O) groups is 2. The van der Waals surface area contributed by atoms with E-state index in [1.165, 1.54) is 25.3 Å². The standard InChI is InChI=1S/C22H20FN3O3/c1-14(27)15-2-5-17(6-3-15)25-21-18-12-16(23)4-7-20(18)24-13-19(21)22(28)26-8-10-29-11-9-26/h2-7,12-13H,8-11H2,1H3,(H,24,25). The van der Waals surface area contributed by atoms with Gasteiger partial charge in [0.1, 0.15) is 5.82 Å². The van der Waals surface area contributed by atoms with Crippen molar-refractivity contribution in [2.75, 3.05) is 31.6 Å². The van der Waals surface area contributed by atoms with Crippen LogP contribution >= 0.6 is 0 Å². The van der Waals surface area contributed by atoms with Crippen LogP contribution in [0.25, 0.3) is 10.9 Å². The first-order chi connectivity index (χ1) is 14.0. The van der Waals surface area contributed by atoms with Crippen molar-refractivity contribution >= 4 is 34.0 Å². The second-order valence-electron chi connectivity index (χ2n) is 6.87. The first kappa shape index (κ1) is 19.0. The molecular formula is C22H20FN3O3. The van der Waals surface area contributed by atoms with Gasteiger partial charge in [0.2, 0.25) is 0 Å². The molecule has 0 atom stereocenters. The molecule has 1 aliphatic heterocycles. The molecule has 7 heteroatoms. The van der Waals surface area contributed by atoms with Crippen molar-refractivity contribution in [1.82, 2.24) is 9.88 Å². The van der Waals surface area contributed by atoms with Crippen LogP contribution in [0.1, 0.15) is 27.6 Å². The third kappa shape index (κ3) is 3.95. The van der Waals surface area contributed by atoms with Crippen LogP contribution in [-0.4, -0.2) is 47.9 Å². The molecule has 3 aromatic rings. The zero-order chi connectivity index (χ0) is 20.4. The molecule has 1 fully saturated rings. The SMILES string of the molecule is CC(=O)c1ccc(Nc2c(C(=O)N3CCOCC3)cnc3ccc(F)cc23)cc1. The van der Waals surface area contributed by atoms with Crippen molar-refractivity contribution in [2.24, 2.45) is 0 Å². The van der Waals surface area contributed by atoms with Crippen LogP contribution in [0.2, 0.25) is 0 Å². The lowest BCUT2D eigenvalue weighted by molar-refractivity contribution is 0.0303. The van der Waals surface area contributed by atoms with Gasteiger partial charge in [-0.25, -0.2) is 4.39 Å². The molecule has 0 radical (unpaired) electrons. The molecule has 6 nitrogen and oxygen atoms in total. The molecule has 2 heterocycles. The van der Waals surface area contributed by atoms with Crippen molar-refractivity contribution in [3.8, 4) is 0 Å². The number of pyridine rings is 1. The molecule has 1 aromatic heterocycles. The second-order valence-corrected chi connectivity index (χ2v) is 6.87. The predicted octanol–water partition coefficient (Wildman–Crippen LogP) is 3.79. The average molecular weight is 393 g/mol. The summed E-state index contributed by atoms with van der Waals surface area (Å²) >= 11 is 0. The molecule has 0 bridgehead atoms. The number of hydrogen-bond donors (Lipinski definition) is 1. The van der Waals surface area contributed by atoms with Crippen molar-refractivity contribution in [3.05, 3.63) is 65.6 Å². The van der Waals surface area contributed by atoms with E-state index in [4.69, 9.17) is 4.74 Å². The molecule has 0 aliphatic carbocycles. The summed E-state index contributed by atoms with van der Waals surface area (Å²) in [5, 5.41) is 3.75. The molecule has 148 valence electrons. The van der Waals surface area contributed by atoms with Crippen molar-refractivity contribution in [1.29, 1.82) is 0 Å². The van der Waals surface area contributed by atoms with E-state index in [1.807, 2.05) is 0 Å². The number of hydrogen-bond acceptors (Lipinski definition) is 5. The Labute approximate surface area is 167 Å². The van der Waals surface area contributed by atoms with Crippen LogP contribution < -0.4 is 5.32 Å². The fraction of sp³-hybridized carbons (Fsp3) is 0.227. The number of nitrogens with zero attached hydrogens (tertiary/aromatic N) is 2. The summed E-state index contributed by atoms with van der Waals surface area (Å²) in [6.45, 7) is 3.45. The average Bonchev–Trinajstić information content (AvgIpc) is 2.74. The van der Waals surface area contributed by atoms with E-state index in [1.54, 1.807) is 35.2 Å². The van der Waals surface area contributed by atoms with E-state index in [-0.39, 0.29) is 11.7 Å². The maximum absolute atomic E-state index is 14.0. The largest absolute Gasteiger partial charge is 0.378 e. The minimum atomic E-state index is -0.412. The molecule has 1 saturated heterocycles. The van der Waals surface area contributed by atoms with Crippen molar-refractivity contribution in [3.63, 3.8) is 0 Å². The van der Waals surface area contributed by atoms with Crippen molar-refractivity contribution in [2.45, 2.75) is 6.92 Å². The van der Waals surface area contributed by atoms with Gasteiger partial charge in [-0.05, 0) is 49.4 Å². The summed E-state index contributed by atoms with van der Waals surface area (Å²) in [5.41, 5.74) is 2.70. The number of amides is 1. The monoisotopic (exact) mass is 393 g/mol. The number of ether oxygens (including phenoxy) is 1. The van der Waals surface area contributed by atoms with E-state index >= 15 is 0 Å². The zero-order valence-corrected chi connectivity index (χ0v) is 15.9. The quantitative estimate of drug-likeness (QED) is 0.683.